The first-order valence-corrected chi connectivity index (χ1v) is 8.70. The van der Waals surface area contributed by atoms with Crippen LogP contribution in [0.4, 0.5) is 5.82 Å². The first-order valence-electron chi connectivity index (χ1n) is 8.70. The molecule has 1 aromatic heterocycles. The van der Waals surface area contributed by atoms with E-state index in [2.05, 4.69) is 22.5 Å². The molecule has 0 aliphatic carbocycles. The third-order valence-electron chi connectivity index (χ3n) is 4.51. The monoisotopic (exact) mass is 340 g/mol. The Morgan fingerprint density at radius 1 is 1.28 bits per heavy atom. The van der Waals surface area contributed by atoms with Crippen LogP contribution in [-0.4, -0.2) is 39.6 Å². The number of carbonyl (C=O) groups excluding carboxylic acids is 2. The Bertz CT molecular complexity index is 739. The summed E-state index contributed by atoms with van der Waals surface area (Å²) < 4.78 is 1.77. The molecule has 1 aliphatic heterocycles. The molecule has 0 bridgehead atoms. The highest BCUT2D eigenvalue weighted by atomic mass is 16.2. The van der Waals surface area contributed by atoms with Gasteiger partial charge in [-0.15, -0.1) is 0 Å². The van der Waals surface area contributed by atoms with Crippen LogP contribution in [0.5, 0.6) is 0 Å². The van der Waals surface area contributed by atoms with Crippen molar-refractivity contribution in [3.05, 3.63) is 48.2 Å². The molecule has 1 aliphatic rings. The number of benzene rings is 1. The second-order valence-electron chi connectivity index (χ2n) is 6.72. The van der Waals surface area contributed by atoms with E-state index in [0.29, 0.717) is 18.9 Å². The smallest absolute Gasteiger partial charge is 0.230 e. The quantitative estimate of drug-likeness (QED) is 0.878. The zero-order valence-electron chi connectivity index (χ0n) is 14.7. The van der Waals surface area contributed by atoms with Crippen LogP contribution in [0.3, 0.4) is 0 Å². The van der Waals surface area contributed by atoms with E-state index in [0.717, 1.165) is 6.42 Å². The third-order valence-corrected chi connectivity index (χ3v) is 4.51. The Kier molecular flexibility index (Phi) is 5.16. The van der Waals surface area contributed by atoms with Gasteiger partial charge in [-0.25, -0.2) is 4.68 Å². The molecule has 3 rings (SSSR count). The number of anilines is 1. The molecular weight excluding hydrogens is 316 g/mol. The summed E-state index contributed by atoms with van der Waals surface area (Å²) in [7, 11) is 0. The van der Waals surface area contributed by atoms with Gasteiger partial charge in [0.25, 0.3) is 0 Å². The molecular formula is C19H24N4O2. The van der Waals surface area contributed by atoms with Gasteiger partial charge in [-0.05, 0) is 25.8 Å². The van der Waals surface area contributed by atoms with Crippen molar-refractivity contribution in [2.24, 2.45) is 5.92 Å². The summed E-state index contributed by atoms with van der Waals surface area (Å²) in [6.07, 6.45) is 2.75. The molecule has 0 saturated carbocycles. The van der Waals surface area contributed by atoms with Gasteiger partial charge in [0.05, 0.1) is 12.1 Å². The molecule has 2 aromatic rings. The lowest BCUT2D eigenvalue weighted by molar-refractivity contribution is -0.128. The van der Waals surface area contributed by atoms with Crippen molar-refractivity contribution in [2.75, 3.05) is 18.4 Å². The van der Waals surface area contributed by atoms with E-state index in [1.807, 2.05) is 32.0 Å². The van der Waals surface area contributed by atoms with E-state index in [4.69, 9.17) is 0 Å². The van der Waals surface area contributed by atoms with Crippen molar-refractivity contribution in [2.45, 2.75) is 32.7 Å². The Morgan fingerprint density at radius 3 is 2.76 bits per heavy atom. The van der Waals surface area contributed by atoms with Gasteiger partial charge in [-0.3, -0.25) is 9.59 Å². The highest BCUT2D eigenvalue weighted by Gasteiger charge is 2.34. The average molecular weight is 340 g/mol. The van der Waals surface area contributed by atoms with E-state index in [-0.39, 0.29) is 30.2 Å². The normalized spacial score (nSPS) is 17.3. The lowest BCUT2D eigenvalue weighted by Gasteiger charge is -2.17. The lowest BCUT2D eigenvalue weighted by Crippen LogP contribution is -2.30. The summed E-state index contributed by atoms with van der Waals surface area (Å²) in [5.41, 5.74) is 1.20. The van der Waals surface area contributed by atoms with Gasteiger partial charge in [0.15, 0.2) is 0 Å². The van der Waals surface area contributed by atoms with Gasteiger partial charge < -0.3 is 10.2 Å². The molecule has 6 nitrogen and oxygen atoms in total. The Labute approximate surface area is 147 Å². The first kappa shape index (κ1) is 17.2. The zero-order valence-corrected chi connectivity index (χ0v) is 14.7. The molecule has 1 fully saturated rings. The van der Waals surface area contributed by atoms with Crippen LogP contribution in [0, 0.1) is 5.92 Å². The summed E-state index contributed by atoms with van der Waals surface area (Å²) in [4.78, 5) is 26.5. The lowest BCUT2D eigenvalue weighted by atomic mass is 10.1. The first-order chi connectivity index (χ1) is 12.0. The topological polar surface area (TPSA) is 67.2 Å². The summed E-state index contributed by atoms with van der Waals surface area (Å²) in [5, 5.41) is 7.12. The van der Waals surface area contributed by atoms with Crippen LogP contribution in [0.15, 0.2) is 42.6 Å². The van der Waals surface area contributed by atoms with Crippen molar-refractivity contribution in [1.82, 2.24) is 14.7 Å². The van der Waals surface area contributed by atoms with Gasteiger partial charge >= 0.3 is 0 Å². The fourth-order valence-electron chi connectivity index (χ4n) is 3.13. The van der Waals surface area contributed by atoms with Crippen LogP contribution >= 0.6 is 0 Å². The van der Waals surface area contributed by atoms with E-state index in [1.165, 1.54) is 5.56 Å². The molecule has 1 unspecified atom stereocenters. The number of hydrogen-bond donors (Lipinski definition) is 1. The number of carbonyl (C=O) groups is 2. The SMILES string of the molecule is CC(C)n1nccc1NC(=O)C1CC(=O)N(CCc2ccccc2)C1. The van der Waals surface area contributed by atoms with Crippen LogP contribution < -0.4 is 5.32 Å². The highest BCUT2D eigenvalue weighted by Crippen LogP contribution is 2.21. The maximum atomic E-state index is 12.5. The number of nitrogens with one attached hydrogen (secondary N) is 1. The van der Waals surface area contributed by atoms with Crippen LogP contribution in [0.25, 0.3) is 0 Å². The molecule has 6 heteroatoms. The Hall–Kier alpha value is -2.63. The van der Waals surface area contributed by atoms with Crippen molar-refractivity contribution in [3.8, 4) is 0 Å². The van der Waals surface area contributed by atoms with Crippen molar-refractivity contribution >= 4 is 17.6 Å². The number of aromatic nitrogens is 2. The van der Waals surface area contributed by atoms with E-state index in [1.54, 1.807) is 21.8 Å². The molecule has 0 radical (unpaired) electrons. The molecule has 2 heterocycles. The molecule has 25 heavy (non-hydrogen) atoms. The molecule has 1 atom stereocenters. The number of likely N-dealkylation sites (tertiary alicyclic amines) is 1. The maximum Gasteiger partial charge on any atom is 0.230 e. The number of rotatable bonds is 6. The standard InChI is InChI=1S/C19H24N4O2/c1-14(2)23-17(8-10-20-23)21-19(25)16-12-18(24)22(13-16)11-9-15-6-4-3-5-7-15/h3-8,10,14,16H,9,11-13H2,1-2H3,(H,21,25). The maximum absolute atomic E-state index is 12.5. The molecule has 0 spiro atoms. The minimum absolute atomic E-state index is 0.0495. The second kappa shape index (κ2) is 7.51. The minimum Gasteiger partial charge on any atom is -0.342 e. The number of nitrogens with zero attached hydrogens (tertiary/aromatic N) is 3. The summed E-state index contributed by atoms with van der Waals surface area (Å²) >= 11 is 0. The molecule has 1 N–H and O–H groups in total. The molecule has 1 saturated heterocycles. The van der Waals surface area contributed by atoms with Crippen molar-refractivity contribution in [1.29, 1.82) is 0 Å². The summed E-state index contributed by atoms with van der Waals surface area (Å²) in [6.45, 7) is 5.14. The van der Waals surface area contributed by atoms with Crippen LogP contribution in [-0.2, 0) is 16.0 Å². The number of hydrogen-bond acceptors (Lipinski definition) is 3. The van der Waals surface area contributed by atoms with E-state index < -0.39 is 0 Å². The van der Waals surface area contributed by atoms with Gasteiger partial charge in [0.1, 0.15) is 5.82 Å². The fraction of sp³-hybridized carbons (Fsp3) is 0.421. The largest absolute Gasteiger partial charge is 0.342 e. The van der Waals surface area contributed by atoms with E-state index in [9.17, 15) is 9.59 Å². The van der Waals surface area contributed by atoms with Gasteiger partial charge in [-0.2, -0.15) is 5.10 Å². The van der Waals surface area contributed by atoms with Gasteiger partial charge in [0, 0.05) is 31.6 Å². The number of amides is 2. The van der Waals surface area contributed by atoms with E-state index >= 15 is 0 Å². The fourth-order valence-corrected chi connectivity index (χ4v) is 3.13. The second-order valence-corrected chi connectivity index (χ2v) is 6.72. The third kappa shape index (κ3) is 4.07. The Balaban J connectivity index is 1.56. The van der Waals surface area contributed by atoms with Gasteiger partial charge in [-0.1, -0.05) is 30.3 Å². The minimum atomic E-state index is -0.307. The predicted octanol–water partition coefficient (Wildman–Crippen LogP) is 2.49. The summed E-state index contributed by atoms with van der Waals surface area (Å²) in [6, 6.07) is 12.0. The molecule has 1 aromatic carbocycles. The van der Waals surface area contributed by atoms with Crippen LogP contribution in [0.1, 0.15) is 31.9 Å². The Morgan fingerprint density at radius 2 is 2.04 bits per heavy atom. The van der Waals surface area contributed by atoms with Crippen molar-refractivity contribution in [3.63, 3.8) is 0 Å². The molecule has 132 valence electrons. The summed E-state index contributed by atoms with van der Waals surface area (Å²) in [5.74, 6) is 0.306. The van der Waals surface area contributed by atoms with Gasteiger partial charge in [0.2, 0.25) is 11.8 Å². The zero-order chi connectivity index (χ0) is 17.8. The predicted molar refractivity (Wildman–Crippen MR) is 96.1 cm³/mol. The molecule has 2 amide bonds. The highest BCUT2D eigenvalue weighted by molar-refractivity contribution is 5.96. The average Bonchev–Trinajstić information content (AvgIpc) is 3.20. The van der Waals surface area contributed by atoms with Crippen LogP contribution in [0.2, 0.25) is 0 Å². The van der Waals surface area contributed by atoms with Crippen molar-refractivity contribution < 1.29 is 9.59 Å².